The average molecular weight is 154 g/mol. The van der Waals surface area contributed by atoms with Crippen LogP contribution in [0.3, 0.4) is 0 Å². The van der Waals surface area contributed by atoms with Crippen LogP contribution in [-0.2, 0) is 0 Å². The SMILES string of the molecule is C[C@@H]1CNCCN1CC1CC1. The van der Waals surface area contributed by atoms with Gasteiger partial charge in [0.15, 0.2) is 0 Å². The van der Waals surface area contributed by atoms with E-state index < -0.39 is 0 Å². The summed E-state index contributed by atoms with van der Waals surface area (Å²) >= 11 is 0. The number of nitrogens with zero attached hydrogens (tertiary/aromatic N) is 1. The van der Waals surface area contributed by atoms with E-state index in [1.807, 2.05) is 0 Å². The molecule has 2 heteroatoms. The molecule has 2 aliphatic rings. The molecule has 1 aliphatic heterocycles. The lowest BCUT2D eigenvalue weighted by molar-refractivity contribution is 0.167. The summed E-state index contributed by atoms with van der Waals surface area (Å²) in [5.41, 5.74) is 0. The van der Waals surface area contributed by atoms with Gasteiger partial charge in [-0.2, -0.15) is 0 Å². The van der Waals surface area contributed by atoms with Gasteiger partial charge >= 0.3 is 0 Å². The second-order valence-electron chi connectivity index (χ2n) is 3.99. The number of hydrogen-bond acceptors (Lipinski definition) is 2. The molecule has 1 N–H and O–H groups in total. The lowest BCUT2D eigenvalue weighted by atomic mass is 10.2. The van der Waals surface area contributed by atoms with Crippen molar-refractivity contribution in [2.45, 2.75) is 25.8 Å². The molecule has 2 nitrogen and oxygen atoms in total. The van der Waals surface area contributed by atoms with E-state index in [0.29, 0.717) is 0 Å². The molecule has 2 rings (SSSR count). The summed E-state index contributed by atoms with van der Waals surface area (Å²) < 4.78 is 0. The van der Waals surface area contributed by atoms with E-state index in [9.17, 15) is 0 Å². The molecule has 1 saturated carbocycles. The zero-order chi connectivity index (χ0) is 7.68. The van der Waals surface area contributed by atoms with Crippen molar-refractivity contribution in [1.29, 1.82) is 0 Å². The van der Waals surface area contributed by atoms with E-state index >= 15 is 0 Å². The Kier molecular flexibility index (Phi) is 2.14. The van der Waals surface area contributed by atoms with Crippen molar-refractivity contribution >= 4 is 0 Å². The van der Waals surface area contributed by atoms with Gasteiger partial charge in [0, 0.05) is 32.2 Å². The van der Waals surface area contributed by atoms with Crippen LogP contribution >= 0.6 is 0 Å². The fraction of sp³-hybridized carbons (Fsp3) is 1.00. The van der Waals surface area contributed by atoms with Crippen molar-refractivity contribution in [3.05, 3.63) is 0 Å². The smallest absolute Gasteiger partial charge is 0.0193 e. The highest BCUT2D eigenvalue weighted by atomic mass is 15.2. The van der Waals surface area contributed by atoms with Crippen molar-refractivity contribution in [3.63, 3.8) is 0 Å². The van der Waals surface area contributed by atoms with Gasteiger partial charge in [-0.25, -0.2) is 0 Å². The zero-order valence-electron chi connectivity index (χ0n) is 7.34. The second-order valence-corrected chi connectivity index (χ2v) is 3.99. The molecular weight excluding hydrogens is 136 g/mol. The first-order valence-electron chi connectivity index (χ1n) is 4.81. The Morgan fingerprint density at radius 3 is 2.91 bits per heavy atom. The fourth-order valence-corrected chi connectivity index (χ4v) is 1.79. The minimum Gasteiger partial charge on any atom is -0.314 e. The lowest BCUT2D eigenvalue weighted by Gasteiger charge is -2.33. The molecule has 64 valence electrons. The van der Waals surface area contributed by atoms with Gasteiger partial charge in [0.05, 0.1) is 0 Å². The first-order chi connectivity index (χ1) is 5.36. The Balaban J connectivity index is 1.78. The van der Waals surface area contributed by atoms with Crippen LogP contribution in [0.4, 0.5) is 0 Å². The summed E-state index contributed by atoms with van der Waals surface area (Å²) in [5.74, 6) is 1.05. The lowest BCUT2D eigenvalue weighted by Crippen LogP contribution is -2.50. The molecule has 1 saturated heterocycles. The second kappa shape index (κ2) is 3.11. The minimum absolute atomic E-state index is 0.768. The molecule has 0 aromatic heterocycles. The van der Waals surface area contributed by atoms with Crippen LogP contribution in [0.15, 0.2) is 0 Å². The number of hydrogen-bond donors (Lipinski definition) is 1. The monoisotopic (exact) mass is 154 g/mol. The Morgan fingerprint density at radius 1 is 1.45 bits per heavy atom. The number of rotatable bonds is 2. The van der Waals surface area contributed by atoms with Gasteiger partial charge in [0.1, 0.15) is 0 Å². The van der Waals surface area contributed by atoms with Gasteiger partial charge in [0.2, 0.25) is 0 Å². The van der Waals surface area contributed by atoms with Crippen LogP contribution in [0.25, 0.3) is 0 Å². The molecule has 0 unspecified atom stereocenters. The maximum Gasteiger partial charge on any atom is 0.0193 e. The third kappa shape index (κ3) is 1.94. The highest BCUT2D eigenvalue weighted by molar-refractivity contribution is 4.82. The van der Waals surface area contributed by atoms with E-state index in [2.05, 4.69) is 17.1 Å². The Hall–Kier alpha value is -0.0800. The highest BCUT2D eigenvalue weighted by Crippen LogP contribution is 2.30. The maximum absolute atomic E-state index is 3.42. The van der Waals surface area contributed by atoms with Gasteiger partial charge in [-0.05, 0) is 25.7 Å². The van der Waals surface area contributed by atoms with Crippen LogP contribution in [0.2, 0.25) is 0 Å². The maximum atomic E-state index is 3.42. The predicted octanol–water partition coefficient (Wildman–Crippen LogP) is 0.690. The molecule has 1 heterocycles. The van der Waals surface area contributed by atoms with Crippen LogP contribution in [0.1, 0.15) is 19.8 Å². The summed E-state index contributed by atoms with van der Waals surface area (Å²) in [4.78, 5) is 2.63. The van der Waals surface area contributed by atoms with Crippen molar-refractivity contribution in [1.82, 2.24) is 10.2 Å². The van der Waals surface area contributed by atoms with Crippen LogP contribution in [0, 0.1) is 5.92 Å². The highest BCUT2D eigenvalue weighted by Gasteiger charge is 2.27. The molecule has 0 radical (unpaired) electrons. The molecule has 11 heavy (non-hydrogen) atoms. The van der Waals surface area contributed by atoms with E-state index in [-0.39, 0.29) is 0 Å². The van der Waals surface area contributed by atoms with E-state index in [0.717, 1.165) is 12.0 Å². The van der Waals surface area contributed by atoms with Gasteiger partial charge in [-0.3, -0.25) is 4.90 Å². The average Bonchev–Trinajstić information content (AvgIpc) is 2.78. The Morgan fingerprint density at radius 2 is 2.27 bits per heavy atom. The summed E-state index contributed by atoms with van der Waals surface area (Å²) in [5, 5.41) is 3.42. The topological polar surface area (TPSA) is 15.3 Å². The van der Waals surface area contributed by atoms with Gasteiger partial charge in [-0.15, -0.1) is 0 Å². The minimum atomic E-state index is 0.768. The van der Waals surface area contributed by atoms with Gasteiger partial charge < -0.3 is 5.32 Å². The molecule has 0 spiro atoms. The zero-order valence-corrected chi connectivity index (χ0v) is 7.34. The van der Waals surface area contributed by atoms with Crippen molar-refractivity contribution < 1.29 is 0 Å². The predicted molar refractivity (Wildman–Crippen MR) is 46.6 cm³/mol. The van der Waals surface area contributed by atoms with Gasteiger partial charge in [-0.1, -0.05) is 0 Å². The van der Waals surface area contributed by atoms with Crippen molar-refractivity contribution in [2.75, 3.05) is 26.2 Å². The largest absolute Gasteiger partial charge is 0.314 e. The molecule has 0 amide bonds. The van der Waals surface area contributed by atoms with E-state index in [4.69, 9.17) is 0 Å². The summed E-state index contributed by atoms with van der Waals surface area (Å²) in [6.07, 6.45) is 2.97. The summed E-state index contributed by atoms with van der Waals surface area (Å²) in [6.45, 7) is 7.33. The molecular formula is C9H18N2. The summed E-state index contributed by atoms with van der Waals surface area (Å²) in [7, 11) is 0. The Bertz CT molecular complexity index is 132. The molecule has 0 bridgehead atoms. The molecule has 0 aromatic rings. The molecule has 0 aromatic carbocycles. The molecule has 2 fully saturated rings. The summed E-state index contributed by atoms with van der Waals surface area (Å²) in [6, 6.07) is 0.768. The van der Waals surface area contributed by atoms with E-state index in [1.54, 1.807) is 0 Å². The quantitative estimate of drug-likeness (QED) is 0.629. The third-order valence-corrected chi connectivity index (χ3v) is 2.83. The first kappa shape index (κ1) is 7.56. The van der Waals surface area contributed by atoms with Crippen LogP contribution in [-0.4, -0.2) is 37.1 Å². The van der Waals surface area contributed by atoms with Crippen LogP contribution < -0.4 is 5.32 Å². The normalized spacial score (nSPS) is 34.1. The van der Waals surface area contributed by atoms with Gasteiger partial charge in [0.25, 0.3) is 0 Å². The molecule has 1 aliphatic carbocycles. The number of nitrogens with one attached hydrogen (secondary N) is 1. The third-order valence-electron chi connectivity index (χ3n) is 2.83. The van der Waals surface area contributed by atoms with Crippen molar-refractivity contribution in [2.24, 2.45) is 5.92 Å². The fourth-order valence-electron chi connectivity index (χ4n) is 1.79. The van der Waals surface area contributed by atoms with Crippen molar-refractivity contribution in [3.8, 4) is 0 Å². The Labute approximate surface area is 69.0 Å². The standard InChI is InChI=1S/C9H18N2/c1-8-6-10-4-5-11(8)7-9-2-3-9/h8-10H,2-7H2,1H3/t8-/m1/s1. The molecule has 1 atom stereocenters. The van der Waals surface area contributed by atoms with Crippen LogP contribution in [0.5, 0.6) is 0 Å². The first-order valence-corrected chi connectivity index (χ1v) is 4.81. The number of piperazine rings is 1. The van der Waals surface area contributed by atoms with E-state index in [1.165, 1.54) is 39.0 Å².